The lowest BCUT2D eigenvalue weighted by molar-refractivity contribution is 0.0457. The zero-order valence-electron chi connectivity index (χ0n) is 22.3. The largest absolute Gasteiger partial charge is 0.394 e. The Morgan fingerprint density at radius 1 is 1.02 bits per heavy atom. The SMILES string of the molecule is C[C@@H](NC(=O)c1cc(COCC(N)(CO)Cc2cc(F)cc(F)c2)cc(N(C)S(C)(=O)=O)c1)c1ccc(F)cc1. The molecule has 0 aliphatic heterocycles. The Hall–Kier alpha value is -3.45. The standard InChI is InChI=1S/C28H32F3N3O5S/c1-18(21-4-6-23(29)7-5-21)33-27(36)22-8-20(11-26(12-22)34(2)40(3,37)38)15-39-17-28(32,16-35)14-19-9-24(30)13-25(31)10-19/h4-13,18,35H,14-17,32H2,1-3H3,(H,33,36)/t18-,28?/m1/s1. The van der Waals surface area contributed by atoms with Gasteiger partial charge in [0.1, 0.15) is 17.5 Å². The van der Waals surface area contributed by atoms with Gasteiger partial charge in [-0.2, -0.15) is 0 Å². The Balaban J connectivity index is 1.80. The molecule has 3 aromatic carbocycles. The molecule has 0 bridgehead atoms. The van der Waals surface area contributed by atoms with Crippen molar-refractivity contribution in [2.45, 2.75) is 31.5 Å². The smallest absolute Gasteiger partial charge is 0.251 e. The van der Waals surface area contributed by atoms with E-state index >= 15 is 0 Å². The van der Waals surface area contributed by atoms with Crippen molar-refractivity contribution in [2.24, 2.45) is 5.73 Å². The average Bonchev–Trinajstić information content (AvgIpc) is 2.87. The molecule has 0 saturated heterocycles. The number of aliphatic hydroxyl groups is 1. The zero-order chi connectivity index (χ0) is 29.7. The Bertz CT molecular complexity index is 1430. The number of aliphatic hydroxyl groups excluding tert-OH is 1. The second kappa shape index (κ2) is 12.8. The van der Waals surface area contributed by atoms with E-state index in [1.807, 2.05) is 0 Å². The van der Waals surface area contributed by atoms with Crippen LogP contribution in [0.15, 0.2) is 60.7 Å². The van der Waals surface area contributed by atoms with Gasteiger partial charge in [-0.25, -0.2) is 21.6 Å². The minimum absolute atomic E-state index is 0.0794. The van der Waals surface area contributed by atoms with Crippen LogP contribution >= 0.6 is 0 Å². The molecule has 4 N–H and O–H groups in total. The van der Waals surface area contributed by atoms with Crippen molar-refractivity contribution in [3.05, 3.63) is 100 Å². The van der Waals surface area contributed by atoms with E-state index in [1.54, 1.807) is 19.1 Å². The number of anilines is 1. The van der Waals surface area contributed by atoms with Crippen LogP contribution < -0.4 is 15.4 Å². The van der Waals surface area contributed by atoms with Crippen LogP contribution in [-0.4, -0.2) is 51.5 Å². The van der Waals surface area contributed by atoms with Gasteiger partial charge in [0.05, 0.1) is 43.3 Å². The van der Waals surface area contributed by atoms with Crippen LogP contribution in [0.5, 0.6) is 0 Å². The summed E-state index contributed by atoms with van der Waals surface area (Å²) in [6, 6.07) is 12.6. The lowest BCUT2D eigenvalue weighted by Gasteiger charge is -2.27. The quantitative estimate of drug-likeness (QED) is 0.302. The normalized spacial score (nSPS) is 13.9. The summed E-state index contributed by atoms with van der Waals surface area (Å²) in [6.07, 6.45) is 0.940. The van der Waals surface area contributed by atoms with Gasteiger partial charge < -0.3 is 20.9 Å². The monoisotopic (exact) mass is 579 g/mol. The molecule has 0 aromatic heterocycles. The first-order valence-corrected chi connectivity index (χ1v) is 14.1. The predicted molar refractivity (Wildman–Crippen MR) is 146 cm³/mol. The maximum absolute atomic E-state index is 13.6. The number of amides is 1. The summed E-state index contributed by atoms with van der Waals surface area (Å²) in [5, 5.41) is 12.7. The van der Waals surface area contributed by atoms with Crippen molar-refractivity contribution in [2.75, 3.05) is 30.8 Å². The molecule has 3 aromatic rings. The number of sulfonamides is 1. The topological polar surface area (TPSA) is 122 Å². The average molecular weight is 580 g/mol. The third-order valence-corrected chi connectivity index (χ3v) is 7.48. The van der Waals surface area contributed by atoms with E-state index < -0.39 is 51.6 Å². The predicted octanol–water partition coefficient (Wildman–Crippen LogP) is 3.44. The molecule has 12 heteroatoms. The summed E-state index contributed by atoms with van der Waals surface area (Å²) in [7, 11) is -2.32. The summed E-state index contributed by atoms with van der Waals surface area (Å²) >= 11 is 0. The van der Waals surface area contributed by atoms with Gasteiger partial charge in [0.15, 0.2) is 0 Å². The number of halogens is 3. The highest BCUT2D eigenvalue weighted by atomic mass is 32.2. The Morgan fingerprint density at radius 2 is 1.65 bits per heavy atom. The van der Waals surface area contributed by atoms with Crippen molar-refractivity contribution >= 4 is 21.6 Å². The second-order valence-electron chi connectivity index (χ2n) is 9.83. The molecule has 40 heavy (non-hydrogen) atoms. The molecule has 0 heterocycles. The van der Waals surface area contributed by atoms with E-state index in [4.69, 9.17) is 10.5 Å². The van der Waals surface area contributed by atoms with E-state index in [9.17, 15) is 31.5 Å². The fraction of sp³-hybridized carbons (Fsp3) is 0.321. The molecule has 1 unspecified atom stereocenters. The highest BCUT2D eigenvalue weighted by Crippen LogP contribution is 2.23. The highest BCUT2D eigenvalue weighted by molar-refractivity contribution is 7.92. The Kier molecular flexibility index (Phi) is 9.96. The van der Waals surface area contributed by atoms with Gasteiger partial charge >= 0.3 is 0 Å². The molecule has 0 saturated carbocycles. The summed E-state index contributed by atoms with van der Waals surface area (Å²) in [6.45, 7) is 0.853. The molecule has 2 atom stereocenters. The van der Waals surface area contributed by atoms with Crippen LogP contribution in [-0.2, 0) is 27.8 Å². The molecule has 0 fully saturated rings. The van der Waals surface area contributed by atoms with Crippen molar-refractivity contribution in [3.8, 4) is 0 Å². The van der Waals surface area contributed by atoms with Gasteiger partial charge in [-0.15, -0.1) is 0 Å². The first-order valence-electron chi connectivity index (χ1n) is 12.3. The number of nitrogens with zero attached hydrogens (tertiary/aromatic N) is 1. The molecule has 3 rings (SSSR count). The summed E-state index contributed by atoms with van der Waals surface area (Å²) in [4.78, 5) is 13.1. The molecule has 8 nitrogen and oxygen atoms in total. The molecule has 1 amide bonds. The molecule has 0 radical (unpaired) electrons. The van der Waals surface area contributed by atoms with Crippen LogP contribution in [0.3, 0.4) is 0 Å². The van der Waals surface area contributed by atoms with Crippen molar-refractivity contribution in [1.29, 1.82) is 0 Å². The van der Waals surface area contributed by atoms with E-state index in [-0.39, 0.29) is 36.4 Å². The van der Waals surface area contributed by atoms with Crippen LogP contribution in [0, 0.1) is 17.5 Å². The Labute approximate surface area is 231 Å². The number of ether oxygens (including phenoxy) is 1. The van der Waals surface area contributed by atoms with E-state index in [0.29, 0.717) is 11.1 Å². The third-order valence-electron chi connectivity index (χ3n) is 6.27. The molecular formula is C28H32F3N3O5S. The molecular weight excluding hydrogens is 547 g/mol. The van der Waals surface area contributed by atoms with Crippen molar-refractivity contribution < 1.29 is 36.2 Å². The van der Waals surface area contributed by atoms with Gasteiger partial charge in [0.25, 0.3) is 5.91 Å². The number of nitrogens with one attached hydrogen (secondary N) is 1. The van der Waals surface area contributed by atoms with Gasteiger partial charge in [0.2, 0.25) is 10.0 Å². The first kappa shape index (κ1) is 31.1. The lowest BCUT2D eigenvalue weighted by Crippen LogP contribution is -2.50. The number of hydrogen-bond acceptors (Lipinski definition) is 6. The van der Waals surface area contributed by atoms with Crippen molar-refractivity contribution in [3.63, 3.8) is 0 Å². The number of benzene rings is 3. The highest BCUT2D eigenvalue weighted by Gasteiger charge is 2.26. The molecule has 216 valence electrons. The van der Waals surface area contributed by atoms with Gasteiger partial charge in [-0.1, -0.05) is 12.1 Å². The number of carbonyl (C=O) groups excluding carboxylic acids is 1. The van der Waals surface area contributed by atoms with Crippen LogP contribution in [0.25, 0.3) is 0 Å². The van der Waals surface area contributed by atoms with Crippen molar-refractivity contribution in [1.82, 2.24) is 5.32 Å². The van der Waals surface area contributed by atoms with Gasteiger partial charge in [-0.05, 0) is 72.5 Å². The van der Waals surface area contributed by atoms with Gasteiger partial charge in [0, 0.05) is 18.7 Å². The van der Waals surface area contributed by atoms with E-state index in [1.165, 1.54) is 37.4 Å². The molecule has 0 aliphatic carbocycles. The maximum Gasteiger partial charge on any atom is 0.251 e. The van der Waals surface area contributed by atoms with E-state index in [2.05, 4.69) is 5.32 Å². The fourth-order valence-electron chi connectivity index (χ4n) is 4.02. The van der Waals surface area contributed by atoms with Crippen LogP contribution in [0.2, 0.25) is 0 Å². The first-order chi connectivity index (χ1) is 18.7. The minimum Gasteiger partial charge on any atom is -0.394 e. The molecule has 0 spiro atoms. The fourth-order valence-corrected chi connectivity index (χ4v) is 4.51. The van der Waals surface area contributed by atoms with Gasteiger partial charge in [-0.3, -0.25) is 9.10 Å². The minimum atomic E-state index is -3.66. The second-order valence-corrected chi connectivity index (χ2v) is 11.8. The zero-order valence-corrected chi connectivity index (χ0v) is 23.1. The number of nitrogens with two attached hydrogens (primary N) is 1. The number of rotatable bonds is 12. The summed E-state index contributed by atoms with van der Waals surface area (Å²) < 4.78 is 71.6. The Morgan fingerprint density at radius 3 is 2.23 bits per heavy atom. The van der Waals surface area contributed by atoms with Crippen LogP contribution in [0.1, 0.15) is 40.0 Å². The van der Waals surface area contributed by atoms with Crippen LogP contribution in [0.4, 0.5) is 18.9 Å². The third kappa shape index (κ3) is 8.52. The number of carbonyl (C=O) groups is 1. The molecule has 0 aliphatic rings. The maximum atomic E-state index is 13.6. The van der Waals surface area contributed by atoms with E-state index in [0.717, 1.165) is 28.8 Å². The lowest BCUT2D eigenvalue weighted by atomic mass is 9.93. The number of hydrogen-bond donors (Lipinski definition) is 3. The summed E-state index contributed by atoms with van der Waals surface area (Å²) in [5.41, 5.74) is 6.57. The summed E-state index contributed by atoms with van der Waals surface area (Å²) in [5.74, 6) is -2.46.